The van der Waals surface area contributed by atoms with Crippen LogP contribution in [-0.4, -0.2) is 31.6 Å². The molecule has 0 bridgehead atoms. The molecule has 1 amide bonds. The van der Waals surface area contributed by atoms with Crippen molar-refractivity contribution in [2.75, 3.05) is 13.7 Å². The van der Waals surface area contributed by atoms with Gasteiger partial charge in [0.15, 0.2) is 0 Å². The molecular weight excluding hydrogens is 252 g/mol. The van der Waals surface area contributed by atoms with Crippen LogP contribution in [0.1, 0.15) is 31.4 Å². The van der Waals surface area contributed by atoms with E-state index >= 15 is 0 Å². The van der Waals surface area contributed by atoms with Crippen molar-refractivity contribution in [3.63, 3.8) is 0 Å². The van der Waals surface area contributed by atoms with E-state index in [0.29, 0.717) is 12.6 Å². The van der Waals surface area contributed by atoms with E-state index in [2.05, 4.69) is 22.8 Å². The summed E-state index contributed by atoms with van der Waals surface area (Å²) in [5.74, 6) is 0.971. The van der Waals surface area contributed by atoms with Crippen LogP contribution in [-0.2, 0) is 17.6 Å². The van der Waals surface area contributed by atoms with Crippen LogP contribution in [0.4, 0.5) is 0 Å². The molecule has 2 rings (SSSR count). The Bertz CT molecular complexity index is 472. The van der Waals surface area contributed by atoms with E-state index in [1.54, 1.807) is 7.11 Å². The highest BCUT2D eigenvalue weighted by Gasteiger charge is 2.19. The van der Waals surface area contributed by atoms with Crippen molar-refractivity contribution in [2.45, 2.75) is 45.2 Å². The number of carbonyl (C=O) groups excluding carboxylic acids is 1. The SMILES string of the molecule is COc1ccc2c(c1)C[C@@H](NCC(=O)NC(C)C)CC2. The maximum absolute atomic E-state index is 11.6. The molecule has 4 heteroatoms. The number of methoxy groups -OCH3 is 1. The first-order chi connectivity index (χ1) is 9.58. The lowest BCUT2D eigenvalue weighted by Gasteiger charge is -2.26. The Morgan fingerprint density at radius 2 is 2.20 bits per heavy atom. The summed E-state index contributed by atoms with van der Waals surface area (Å²) in [6, 6.07) is 6.84. The van der Waals surface area contributed by atoms with E-state index in [9.17, 15) is 4.79 Å². The van der Waals surface area contributed by atoms with Gasteiger partial charge in [0.1, 0.15) is 5.75 Å². The highest BCUT2D eigenvalue weighted by Crippen LogP contribution is 2.25. The van der Waals surface area contributed by atoms with Gasteiger partial charge < -0.3 is 15.4 Å². The molecule has 0 aliphatic heterocycles. The number of ether oxygens (including phenoxy) is 1. The van der Waals surface area contributed by atoms with Gasteiger partial charge in [-0.15, -0.1) is 0 Å². The van der Waals surface area contributed by atoms with E-state index in [4.69, 9.17) is 4.74 Å². The summed E-state index contributed by atoms with van der Waals surface area (Å²) in [4.78, 5) is 11.6. The Morgan fingerprint density at radius 3 is 2.90 bits per heavy atom. The molecule has 0 unspecified atom stereocenters. The van der Waals surface area contributed by atoms with E-state index in [-0.39, 0.29) is 11.9 Å². The molecular formula is C16H24N2O2. The molecule has 2 N–H and O–H groups in total. The van der Waals surface area contributed by atoms with Crippen molar-refractivity contribution >= 4 is 5.91 Å². The van der Waals surface area contributed by atoms with E-state index in [1.807, 2.05) is 19.9 Å². The Kier molecular flexibility index (Phi) is 5.01. The minimum Gasteiger partial charge on any atom is -0.497 e. The summed E-state index contributed by atoms with van der Waals surface area (Å²) < 4.78 is 5.27. The largest absolute Gasteiger partial charge is 0.497 e. The van der Waals surface area contributed by atoms with Gasteiger partial charge in [0.2, 0.25) is 5.91 Å². The van der Waals surface area contributed by atoms with Crippen molar-refractivity contribution in [1.82, 2.24) is 10.6 Å². The quantitative estimate of drug-likeness (QED) is 0.860. The minimum atomic E-state index is 0.0661. The molecule has 1 aliphatic rings. The predicted molar refractivity (Wildman–Crippen MR) is 80.1 cm³/mol. The highest BCUT2D eigenvalue weighted by atomic mass is 16.5. The number of hydrogen-bond acceptors (Lipinski definition) is 3. The van der Waals surface area contributed by atoms with Crippen LogP contribution in [0.3, 0.4) is 0 Å². The fraction of sp³-hybridized carbons (Fsp3) is 0.562. The fourth-order valence-corrected chi connectivity index (χ4v) is 2.64. The topological polar surface area (TPSA) is 50.4 Å². The van der Waals surface area contributed by atoms with E-state index in [0.717, 1.165) is 25.0 Å². The number of nitrogens with one attached hydrogen (secondary N) is 2. The van der Waals surface area contributed by atoms with Gasteiger partial charge in [0, 0.05) is 12.1 Å². The Labute approximate surface area is 120 Å². The van der Waals surface area contributed by atoms with Crippen molar-refractivity contribution in [2.24, 2.45) is 0 Å². The molecule has 0 heterocycles. The highest BCUT2D eigenvalue weighted by molar-refractivity contribution is 5.78. The summed E-state index contributed by atoms with van der Waals surface area (Å²) in [6.07, 6.45) is 3.10. The first-order valence-electron chi connectivity index (χ1n) is 7.27. The van der Waals surface area contributed by atoms with E-state index in [1.165, 1.54) is 11.1 Å². The van der Waals surface area contributed by atoms with Crippen molar-refractivity contribution in [3.05, 3.63) is 29.3 Å². The first-order valence-corrected chi connectivity index (χ1v) is 7.27. The second kappa shape index (κ2) is 6.75. The number of benzene rings is 1. The molecule has 0 aromatic heterocycles. The number of amides is 1. The number of aryl methyl sites for hydroxylation is 1. The van der Waals surface area contributed by atoms with Gasteiger partial charge in [0.05, 0.1) is 13.7 Å². The van der Waals surface area contributed by atoms with Crippen LogP contribution in [0.5, 0.6) is 5.75 Å². The van der Waals surface area contributed by atoms with Gasteiger partial charge >= 0.3 is 0 Å². The third kappa shape index (κ3) is 3.97. The zero-order valence-corrected chi connectivity index (χ0v) is 12.5. The lowest BCUT2D eigenvalue weighted by atomic mass is 9.88. The smallest absolute Gasteiger partial charge is 0.234 e. The molecule has 0 radical (unpaired) electrons. The van der Waals surface area contributed by atoms with Crippen molar-refractivity contribution < 1.29 is 9.53 Å². The summed E-state index contributed by atoms with van der Waals surface area (Å²) in [6.45, 7) is 4.34. The predicted octanol–water partition coefficient (Wildman–Crippen LogP) is 1.67. The number of fused-ring (bicyclic) bond motifs is 1. The normalized spacial score (nSPS) is 17.7. The van der Waals surface area contributed by atoms with Crippen molar-refractivity contribution in [3.8, 4) is 5.75 Å². The zero-order valence-electron chi connectivity index (χ0n) is 12.5. The standard InChI is InChI=1S/C16H24N2O2/c1-11(2)18-16(19)10-17-14-6-4-12-5-7-15(20-3)9-13(12)8-14/h5,7,9,11,14,17H,4,6,8,10H2,1-3H3,(H,18,19)/t14-/m0/s1. The van der Waals surface area contributed by atoms with Gasteiger partial charge in [-0.05, 0) is 56.4 Å². The van der Waals surface area contributed by atoms with Crippen LogP contribution < -0.4 is 15.4 Å². The third-order valence-corrected chi connectivity index (χ3v) is 3.64. The Hall–Kier alpha value is -1.55. The molecule has 0 saturated heterocycles. The molecule has 1 aromatic rings. The zero-order chi connectivity index (χ0) is 14.5. The molecule has 4 nitrogen and oxygen atoms in total. The molecule has 0 fully saturated rings. The van der Waals surface area contributed by atoms with Gasteiger partial charge in [-0.3, -0.25) is 4.79 Å². The van der Waals surface area contributed by atoms with Crippen LogP contribution in [0.15, 0.2) is 18.2 Å². The maximum Gasteiger partial charge on any atom is 0.234 e. The van der Waals surface area contributed by atoms with Crippen LogP contribution in [0.25, 0.3) is 0 Å². The van der Waals surface area contributed by atoms with Crippen molar-refractivity contribution in [1.29, 1.82) is 0 Å². The minimum absolute atomic E-state index is 0.0661. The second-order valence-corrected chi connectivity index (χ2v) is 5.68. The molecule has 0 saturated carbocycles. The van der Waals surface area contributed by atoms with Crippen LogP contribution >= 0.6 is 0 Å². The molecule has 20 heavy (non-hydrogen) atoms. The van der Waals surface area contributed by atoms with Gasteiger partial charge in [-0.25, -0.2) is 0 Å². The molecule has 1 atom stereocenters. The molecule has 0 spiro atoms. The third-order valence-electron chi connectivity index (χ3n) is 3.64. The van der Waals surface area contributed by atoms with E-state index < -0.39 is 0 Å². The summed E-state index contributed by atoms with van der Waals surface area (Å²) in [5.41, 5.74) is 2.73. The lowest BCUT2D eigenvalue weighted by molar-refractivity contribution is -0.120. The number of hydrogen-bond donors (Lipinski definition) is 2. The molecule has 1 aliphatic carbocycles. The molecule has 110 valence electrons. The number of carbonyl (C=O) groups is 1. The van der Waals surface area contributed by atoms with Gasteiger partial charge in [-0.2, -0.15) is 0 Å². The summed E-state index contributed by atoms with van der Waals surface area (Å²) >= 11 is 0. The fourth-order valence-electron chi connectivity index (χ4n) is 2.64. The van der Waals surface area contributed by atoms with Crippen LogP contribution in [0.2, 0.25) is 0 Å². The monoisotopic (exact) mass is 276 g/mol. The molecule has 1 aromatic carbocycles. The van der Waals surface area contributed by atoms with Gasteiger partial charge in [-0.1, -0.05) is 6.07 Å². The van der Waals surface area contributed by atoms with Gasteiger partial charge in [0.25, 0.3) is 0 Å². The Morgan fingerprint density at radius 1 is 1.40 bits per heavy atom. The van der Waals surface area contributed by atoms with Crippen LogP contribution in [0, 0.1) is 0 Å². The summed E-state index contributed by atoms with van der Waals surface area (Å²) in [5, 5.41) is 6.25. The number of rotatable bonds is 5. The average Bonchev–Trinajstić information content (AvgIpc) is 2.43. The summed E-state index contributed by atoms with van der Waals surface area (Å²) in [7, 11) is 1.69. The Balaban J connectivity index is 1.89. The lowest BCUT2D eigenvalue weighted by Crippen LogP contribution is -2.43. The second-order valence-electron chi connectivity index (χ2n) is 5.68. The average molecular weight is 276 g/mol. The maximum atomic E-state index is 11.6. The first kappa shape index (κ1) is 14.9.